The van der Waals surface area contributed by atoms with Crippen LogP contribution in [0.25, 0.3) is 5.69 Å². The maximum atomic E-state index is 12.1. The first-order valence-corrected chi connectivity index (χ1v) is 8.17. The monoisotopic (exact) mass is 391 g/mol. The van der Waals surface area contributed by atoms with Gasteiger partial charge in [0.25, 0.3) is 5.91 Å². The molecule has 0 unspecified atom stereocenters. The second-order valence-corrected chi connectivity index (χ2v) is 5.78. The maximum Gasteiger partial charge on any atom is 0.291 e. The Labute approximate surface area is 157 Å². The van der Waals surface area contributed by atoms with Crippen LogP contribution < -0.4 is 10.6 Å². The number of carbonyl (C=O) groups excluding carboxylic acids is 1. The van der Waals surface area contributed by atoms with E-state index in [-0.39, 0.29) is 24.1 Å². The number of rotatable bonds is 7. The number of benzene rings is 1. The number of hydrogen-bond donors (Lipinski definition) is 2. The molecule has 1 aromatic carbocycles. The van der Waals surface area contributed by atoms with Crippen LogP contribution in [0.15, 0.2) is 18.2 Å². The Morgan fingerprint density at radius 3 is 2.50 bits per heavy atom. The van der Waals surface area contributed by atoms with E-state index in [9.17, 15) is 4.79 Å². The van der Waals surface area contributed by atoms with Gasteiger partial charge in [-0.1, -0.05) is 36.2 Å². The van der Waals surface area contributed by atoms with E-state index in [0.29, 0.717) is 34.6 Å². The highest BCUT2D eigenvalue weighted by Gasteiger charge is 2.17. The number of hydrogen-bond acceptors (Lipinski definition) is 4. The van der Waals surface area contributed by atoms with Crippen molar-refractivity contribution in [3.05, 3.63) is 39.9 Å². The molecule has 1 aromatic heterocycles. The van der Waals surface area contributed by atoms with Gasteiger partial charge in [0, 0.05) is 13.1 Å². The normalized spacial score (nSPS) is 10.3. The Morgan fingerprint density at radius 2 is 1.88 bits per heavy atom. The van der Waals surface area contributed by atoms with Crippen molar-refractivity contribution in [2.45, 2.75) is 20.3 Å². The summed E-state index contributed by atoms with van der Waals surface area (Å²) in [6, 6.07) is 5.17. The average Bonchev–Trinajstić information content (AvgIpc) is 2.89. The van der Waals surface area contributed by atoms with E-state index in [1.807, 2.05) is 0 Å². The first-order valence-electron chi connectivity index (χ1n) is 7.41. The van der Waals surface area contributed by atoms with Crippen molar-refractivity contribution in [1.82, 2.24) is 25.4 Å². The SMILES string of the molecule is CCCNCCNC(=O)c1nc(C)n(-c2c(Cl)cccc2Cl)n1.Cl. The molecule has 1 amide bonds. The molecule has 1 heterocycles. The van der Waals surface area contributed by atoms with Gasteiger partial charge in [-0.05, 0) is 32.0 Å². The summed E-state index contributed by atoms with van der Waals surface area (Å²) in [7, 11) is 0. The molecule has 9 heteroatoms. The molecule has 2 N–H and O–H groups in total. The highest BCUT2D eigenvalue weighted by molar-refractivity contribution is 6.37. The minimum atomic E-state index is -0.326. The summed E-state index contributed by atoms with van der Waals surface area (Å²) < 4.78 is 1.48. The molecule has 0 saturated heterocycles. The molecule has 2 aromatic rings. The van der Waals surface area contributed by atoms with Crippen LogP contribution in [0, 0.1) is 6.92 Å². The molecule has 0 aliphatic heterocycles. The molecule has 6 nitrogen and oxygen atoms in total. The first kappa shape index (κ1) is 20.7. The molecule has 0 radical (unpaired) electrons. The fourth-order valence-corrected chi connectivity index (χ4v) is 2.59. The number of halogens is 3. The van der Waals surface area contributed by atoms with Crippen LogP contribution in [0.2, 0.25) is 10.0 Å². The number of aryl methyl sites for hydroxylation is 1. The van der Waals surface area contributed by atoms with Gasteiger partial charge in [-0.25, -0.2) is 9.67 Å². The van der Waals surface area contributed by atoms with Gasteiger partial charge in [-0.15, -0.1) is 17.5 Å². The lowest BCUT2D eigenvalue weighted by Gasteiger charge is -2.07. The second kappa shape index (κ2) is 9.84. The van der Waals surface area contributed by atoms with Gasteiger partial charge in [-0.2, -0.15) is 0 Å². The standard InChI is InChI=1S/C15H19Cl2N5O.ClH/c1-3-7-18-8-9-19-15(23)14-20-10(2)22(21-14)13-11(16)5-4-6-12(13)17;/h4-6,18H,3,7-9H2,1-2H3,(H,19,23);1H. The summed E-state index contributed by atoms with van der Waals surface area (Å²) in [5, 5.41) is 11.1. The van der Waals surface area contributed by atoms with E-state index in [2.05, 4.69) is 27.6 Å². The van der Waals surface area contributed by atoms with E-state index in [4.69, 9.17) is 23.2 Å². The summed E-state index contributed by atoms with van der Waals surface area (Å²) in [6.07, 6.45) is 1.05. The van der Waals surface area contributed by atoms with Gasteiger partial charge in [-0.3, -0.25) is 4.79 Å². The van der Waals surface area contributed by atoms with Gasteiger partial charge in [0.1, 0.15) is 11.5 Å². The highest BCUT2D eigenvalue weighted by atomic mass is 35.5. The second-order valence-electron chi connectivity index (χ2n) is 4.97. The zero-order valence-corrected chi connectivity index (χ0v) is 15.8. The molecule has 132 valence electrons. The number of para-hydroxylation sites is 1. The molecule has 0 atom stereocenters. The van der Waals surface area contributed by atoms with Crippen molar-refractivity contribution in [3.63, 3.8) is 0 Å². The van der Waals surface area contributed by atoms with Gasteiger partial charge in [0.05, 0.1) is 10.0 Å². The lowest BCUT2D eigenvalue weighted by atomic mass is 10.3. The molecule has 0 aliphatic carbocycles. The van der Waals surface area contributed by atoms with Crippen molar-refractivity contribution in [2.75, 3.05) is 19.6 Å². The topological polar surface area (TPSA) is 71.8 Å². The number of nitrogens with zero attached hydrogens (tertiary/aromatic N) is 3. The summed E-state index contributed by atoms with van der Waals surface area (Å²) in [5.41, 5.74) is 0.518. The van der Waals surface area contributed by atoms with E-state index in [0.717, 1.165) is 13.0 Å². The maximum absolute atomic E-state index is 12.1. The third-order valence-corrected chi connectivity index (χ3v) is 3.75. The van der Waals surface area contributed by atoms with E-state index in [1.165, 1.54) is 4.68 Å². The summed E-state index contributed by atoms with van der Waals surface area (Å²) in [5.74, 6) is 0.302. The van der Waals surface area contributed by atoms with Crippen molar-refractivity contribution in [2.24, 2.45) is 0 Å². The molecule has 0 aliphatic rings. The van der Waals surface area contributed by atoms with Crippen molar-refractivity contribution < 1.29 is 4.79 Å². The minimum Gasteiger partial charge on any atom is -0.348 e. The Hall–Kier alpha value is -1.34. The largest absolute Gasteiger partial charge is 0.348 e. The van der Waals surface area contributed by atoms with Crippen LogP contribution in [-0.4, -0.2) is 40.3 Å². The third-order valence-electron chi connectivity index (χ3n) is 3.14. The number of nitrogens with one attached hydrogen (secondary N) is 2. The molecule has 0 fully saturated rings. The van der Waals surface area contributed by atoms with Crippen molar-refractivity contribution in [3.8, 4) is 5.69 Å². The average molecular weight is 393 g/mol. The molecule has 2 rings (SSSR count). The molecule has 0 saturated carbocycles. The fourth-order valence-electron chi connectivity index (χ4n) is 2.03. The first-order chi connectivity index (χ1) is 11.0. The minimum absolute atomic E-state index is 0. The number of aromatic nitrogens is 3. The van der Waals surface area contributed by atoms with Crippen molar-refractivity contribution >= 4 is 41.5 Å². The van der Waals surface area contributed by atoms with Crippen molar-refractivity contribution in [1.29, 1.82) is 0 Å². The van der Waals surface area contributed by atoms with E-state index < -0.39 is 0 Å². The Morgan fingerprint density at radius 1 is 1.21 bits per heavy atom. The van der Waals surface area contributed by atoms with Crippen LogP contribution in [0.4, 0.5) is 0 Å². The number of amides is 1. The fraction of sp³-hybridized carbons (Fsp3) is 0.400. The van der Waals surface area contributed by atoms with E-state index >= 15 is 0 Å². The lowest BCUT2D eigenvalue weighted by Crippen LogP contribution is -2.32. The molecule has 0 spiro atoms. The Bertz CT molecular complexity index is 669. The predicted molar refractivity (Wildman–Crippen MR) is 98.9 cm³/mol. The Balaban J connectivity index is 0.00000288. The summed E-state index contributed by atoms with van der Waals surface area (Å²) >= 11 is 12.4. The van der Waals surface area contributed by atoms with Crippen LogP contribution in [0.1, 0.15) is 29.8 Å². The molecular formula is C15H20Cl3N5O. The van der Waals surface area contributed by atoms with Gasteiger partial charge < -0.3 is 10.6 Å². The summed E-state index contributed by atoms with van der Waals surface area (Å²) in [6.45, 7) is 5.97. The van der Waals surface area contributed by atoms with Crippen LogP contribution in [0.3, 0.4) is 0 Å². The molecule has 0 bridgehead atoms. The van der Waals surface area contributed by atoms with Gasteiger partial charge >= 0.3 is 0 Å². The van der Waals surface area contributed by atoms with Crippen LogP contribution in [0.5, 0.6) is 0 Å². The van der Waals surface area contributed by atoms with Gasteiger partial charge in [0.2, 0.25) is 5.82 Å². The smallest absolute Gasteiger partial charge is 0.291 e. The zero-order chi connectivity index (χ0) is 16.8. The van der Waals surface area contributed by atoms with Crippen LogP contribution in [-0.2, 0) is 0 Å². The number of carbonyl (C=O) groups is 1. The van der Waals surface area contributed by atoms with Crippen LogP contribution >= 0.6 is 35.6 Å². The summed E-state index contributed by atoms with van der Waals surface area (Å²) in [4.78, 5) is 16.3. The predicted octanol–water partition coefficient (Wildman–Crippen LogP) is 3.03. The molecular weight excluding hydrogens is 373 g/mol. The highest BCUT2D eigenvalue weighted by Crippen LogP contribution is 2.28. The third kappa shape index (κ3) is 5.08. The Kier molecular flexibility index (Phi) is 8.48. The lowest BCUT2D eigenvalue weighted by molar-refractivity contribution is 0.0943. The van der Waals surface area contributed by atoms with Gasteiger partial charge in [0.15, 0.2) is 0 Å². The zero-order valence-electron chi connectivity index (χ0n) is 13.5. The molecule has 24 heavy (non-hydrogen) atoms. The quantitative estimate of drug-likeness (QED) is 0.710. The van der Waals surface area contributed by atoms with E-state index in [1.54, 1.807) is 25.1 Å².